The summed E-state index contributed by atoms with van der Waals surface area (Å²) in [5.41, 5.74) is 0. The van der Waals surface area contributed by atoms with Crippen LogP contribution in [0.1, 0.15) is 46.5 Å². The van der Waals surface area contributed by atoms with E-state index in [1.807, 2.05) is 13.8 Å². The first-order valence-corrected chi connectivity index (χ1v) is 4.34. The van der Waals surface area contributed by atoms with E-state index in [1.54, 1.807) is 0 Å². The minimum Gasteiger partial charge on any atom is -0.233 e. The van der Waals surface area contributed by atoms with Crippen molar-refractivity contribution in [2.45, 2.75) is 52.6 Å². The quantitative estimate of drug-likeness (QED) is 0.527. The van der Waals surface area contributed by atoms with Crippen molar-refractivity contribution in [1.29, 1.82) is 0 Å². The fraction of sp³-hybridized carbons (Fsp3) is 1.00. The molecule has 0 saturated heterocycles. The molecule has 0 aliphatic heterocycles. The molecule has 0 N–H and O–H groups in total. The molecule has 0 amide bonds. The summed E-state index contributed by atoms with van der Waals surface area (Å²) in [7, 11) is 0. The highest BCUT2D eigenvalue weighted by molar-refractivity contribution is 4.58. The summed E-state index contributed by atoms with van der Waals surface area (Å²) < 4.78 is 0. The Balaban J connectivity index is 3.13. The number of hydrogen-bond acceptors (Lipinski definition) is 0. The highest BCUT2D eigenvalue weighted by Gasteiger charge is 2.09. The second kappa shape index (κ2) is 5.72. The summed E-state index contributed by atoms with van der Waals surface area (Å²) in [5.74, 6) is 0.317. The van der Waals surface area contributed by atoms with Gasteiger partial charge in [0.25, 0.3) is 0 Å². The summed E-state index contributed by atoms with van der Waals surface area (Å²) in [6.45, 7) is 6.17. The molecule has 0 aliphatic rings. The molecule has 0 saturated carbocycles. The second-order valence-corrected chi connectivity index (χ2v) is 3.28. The molecule has 0 heterocycles. The summed E-state index contributed by atoms with van der Waals surface area (Å²) in [4.78, 5) is 0. The number of hydrogen-bond donors (Lipinski definition) is 0. The van der Waals surface area contributed by atoms with Crippen LogP contribution >= 0.6 is 0 Å². The number of unbranched alkanes of at least 4 members (excludes halogenated alkanes) is 2. The van der Waals surface area contributed by atoms with Gasteiger partial charge in [0.1, 0.15) is 0 Å². The van der Waals surface area contributed by atoms with E-state index in [9.17, 15) is 5.11 Å². The second-order valence-electron chi connectivity index (χ2n) is 3.28. The van der Waals surface area contributed by atoms with Crippen LogP contribution in [-0.2, 0) is 5.11 Å². The van der Waals surface area contributed by atoms with Crippen LogP contribution in [0.25, 0.3) is 0 Å². The van der Waals surface area contributed by atoms with E-state index >= 15 is 0 Å². The van der Waals surface area contributed by atoms with Gasteiger partial charge in [-0.25, -0.2) is 5.11 Å². The van der Waals surface area contributed by atoms with Crippen LogP contribution in [0.15, 0.2) is 0 Å². The first-order chi connectivity index (χ1) is 4.68. The molecular weight excluding hydrogens is 124 g/mol. The maximum atomic E-state index is 11.1. The molecule has 0 spiro atoms. The fourth-order valence-corrected chi connectivity index (χ4v) is 0.929. The van der Waals surface area contributed by atoms with Gasteiger partial charge in [-0.2, -0.15) is 0 Å². The Kier molecular flexibility index (Phi) is 5.70. The van der Waals surface area contributed by atoms with E-state index in [2.05, 4.69) is 6.92 Å². The zero-order valence-electron chi connectivity index (χ0n) is 7.39. The highest BCUT2D eigenvalue weighted by Crippen LogP contribution is 2.10. The molecule has 0 aromatic carbocycles. The van der Waals surface area contributed by atoms with Gasteiger partial charge in [0.2, 0.25) is 0 Å². The van der Waals surface area contributed by atoms with Gasteiger partial charge < -0.3 is 0 Å². The molecule has 1 radical (unpaired) electrons. The molecule has 0 aromatic heterocycles. The first-order valence-electron chi connectivity index (χ1n) is 4.34. The average molecular weight is 143 g/mol. The predicted octanol–water partition coefficient (Wildman–Crippen LogP) is 3.02. The summed E-state index contributed by atoms with van der Waals surface area (Å²) in [6.07, 6.45) is 4.08. The molecule has 1 heteroatoms. The van der Waals surface area contributed by atoms with Crippen molar-refractivity contribution in [3.05, 3.63) is 0 Å². The Morgan fingerprint density at radius 3 is 2.20 bits per heavy atom. The van der Waals surface area contributed by atoms with Crippen molar-refractivity contribution in [2.24, 2.45) is 5.92 Å². The molecule has 1 unspecified atom stereocenters. The van der Waals surface area contributed by atoms with Gasteiger partial charge in [0.05, 0.1) is 6.10 Å². The lowest BCUT2D eigenvalue weighted by Crippen LogP contribution is -2.12. The molecule has 0 fully saturated rings. The monoisotopic (exact) mass is 143 g/mol. The van der Waals surface area contributed by atoms with Gasteiger partial charge in [-0.3, -0.25) is 0 Å². The SMILES string of the molecule is CCCCCC([O])C(C)C. The minimum atomic E-state index is -0.327. The van der Waals surface area contributed by atoms with Crippen LogP contribution in [0, 0.1) is 5.92 Å². The van der Waals surface area contributed by atoms with E-state index in [0.717, 1.165) is 12.8 Å². The van der Waals surface area contributed by atoms with Crippen LogP contribution in [-0.4, -0.2) is 6.10 Å². The number of rotatable bonds is 5. The largest absolute Gasteiger partial charge is 0.233 e. The minimum absolute atomic E-state index is 0.317. The molecule has 0 bridgehead atoms. The van der Waals surface area contributed by atoms with Gasteiger partial charge in [-0.05, 0) is 12.3 Å². The molecule has 1 nitrogen and oxygen atoms in total. The van der Waals surface area contributed by atoms with Gasteiger partial charge in [-0.1, -0.05) is 40.0 Å². The van der Waals surface area contributed by atoms with Crippen molar-refractivity contribution >= 4 is 0 Å². The van der Waals surface area contributed by atoms with E-state index in [-0.39, 0.29) is 6.10 Å². The summed E-state index contributed by atoms with van der Waals surface area (Å²) in [6, 6.07) is 0. The van der Waals surface area contributed by atoms with E-state index in [1.165, 1.54) is 12.8 Å². The third-order valence-electron chi connectivity index (χ3n) is 1.84. The average Bonchev–Trinajstić information content (AvgIpc) is 1.88. The Morgan fingerprint density at radius 2 is 1.80 bits per heavy atom. The van der Waals surface area contributed by atoms with Crippen LogP contribution < -0.4 is 0 Å². The third-order valence-corrected chi connectivity index (χ3v) is 1.84. The normalized spacial score (nSPS) is 14.1. The Hall–Kier alpha value is -0.0400. The van der Waals surface area contributed by atoms with Crippen molar-refractivity contribution in [2.75, 3.05) is 0 Å². The lowest BCUT2D eigenvalue weighted by atomic mass is 10.0. The van der Waals surface area contributed by atoms with E-state index < -0.39 is 0 Å². The molecule has 1 atom stereocenters. The van der Waals surface area contributed by atoms with Crippen LogP contribution in [0.2, 0.25) is 0 Å². The lowest BCUT2D eigenvalue weighted by molar-refractivity contribution is 0.0406. The molecule has 61 valence electrons. The standard InChI is InChI=1S/C9H19O/c1-4-5-6-7-9(10)8(2)3/h8-9H,4-7H2,1-3H3. The highest BCUT2D eigenvalue weighted by atomic mass is 16.3. The smallest absolute Gasteiger partial charge is 0.0952 e. The maximum absolute atomic E-state index is 11.1. The molecule has 0 aliphatic carbocycles. The van der Waals surface area contributed by atoms with Gasteiger partial charge in [0, 0.05) is 0 Å². The molecular formula is C9H19O. The predicted molar refractivity (Wildman–Crippen MR) is 43.5 cm³/mol. The van der Waals surface area contributed by atoms with E-state index in [0.29, 0.717) is 5.92 Å². The third kappa shape index (κ3) is 4.80. The van der Waals surface area contributed by atoms with Crippen molar-refractivity contribution in [1.82, 2.24) is 0 Å². The molecule has 10 heavy (non-hydrogen) atoms. The van der Waals surface area contributed by atoms with E-state index in [4.69, 9.17) is 0 Å². The van der Waals surface area contributed by atoms with Crippen molar-refractivity contribution in [3.63, 3.8) is 0 Å². The van der Waals surface area contributed by atoms with Gasteiger partial charge in [0.15, 0.2) is 0 Å². The lowest BCUT2D eigenvalue weighted by Gasteiger charge is -2.10. The zero-order valence-corrected chi connectivity index (χ0v) is 7.39. The maximum Gasteiger partial charge on any atom is 0.0952 e. The topological polar surface area (TPSA) is 19.9 Å². The van der Waals surface area contributed by atoms with Crippen molar-refractivity contribution in [3.8, 4) is 0 Å². The fourth-order valence-electron chi connectivity index (χ4n) is 0.929. The molecule has 0 aromatic rings. The Bertz CT molecular complexity index is 69.1. The zero-order chi connectivity index (χ0) is 7.98. The van der Waals surface area contributed by atoms with Crippen LogP contribution in [0.4, 0.5) is 0 Å². The molecule has 0 rings (SSSR count). The summed E-state index contributed by atoms with van der Waals surface area (Å²) >= 11 is 0. The Morgan fingerprint density at radius 1 is 1.20 bits per heavy atom. The van der Waals surface area contributed by atoms with Crippen LogP contribution in [0.3, 0.4) is 0 Å². The Labute approximate surface area is 64.5 Å². The van der Waals surface area contributed by atoms with Crippen molar-refractivity contribution < 1.29 is 5.11 Å². The summed E-state index contributed by atoms with van der Waals surface area (Å²) in [5, 5.41) is 11.1. The first kappa shape index (κ1) is 9.96. The van der Waals surface area contributed by atoms with Gasteiger partial charge >= 0.3 is 0 Å². The van der Waals surface area contributed by atoms with Crippen LogP contribution in [0.5, 0.6) is 0 Å². The van der Waals surface area contributed by atoms with Gasteiger partial charge in [-0.15, -0.1) is 0 Å².